The second kappa shape index (κ2) is 6.77. The molecule has 2 heterocycles. The molecule has 0 radical (unpaired) electrons. The Kier molecular flexibility index (Phi) is 4.56. The fourth-order valence-corrected chi connectivity index (χ4v) is 2.71. The van der Waals surface area contributed by atoms with Crippen molar-refractivity contribution in [2.24, 2.45) is 0 Å². The molecule has 110 valence electrons. The number of fused-ring (bicyclic) bond motifs is 1. The molecule has 0 atom stereocenters. The lowest BCUT2D eigenvalue weighted by molar-refractivity contribution is 0.848. The molecule has 0 amide bonds. The molecule has 0 unspecified atom stereocenters. The van der Waals surface area contributed by atoms with E-state index in [1.54, 1.807) is 12.1 Å². The van der Waals surface area contributed by atoms with Crippen molar-refractivity contribution in [2.45, 2.75) is 5.16 Å². The first-order valence-corrected chi connectivity index (χ1v) is 7.99. The summed E-state index contributed by atoms with van der Waals surface area (Å²) in [4.78, 5) is 20.2. The fourth-order valence-electron chi connectivity index (χ4n) is 1.91. The van der Waals surface area contributed by atoms with Gasteiger partial charge in [0.05, 0.1) is 5.02 Å². The Hall–Kier alpha value is -2.11. The van der Waals surface area contributed by atoms with Gasteiger partial charge in [-0.25, -0.2) is 14.2 Å². The van der Waals surface area contributed by atoms with Crippen LogP contribution in [-0.4, -0.2) is 20.1 Å². The minimum atomic E-state index is -0.373. The number of thioether (sulfide) groups is 1. The molecule has 0 N–H and O–H groups in total. The van der Waals surface area contributed by atoms with E-state index in [2.05, 4.69) is 9.97 Å². The molecule has 0 bridgehead atoms. The maximum Gasteiger partial charge on any atom is 0.355 e. The Balaban J connectivity index is 1.73. The van der Waals surface area contributed by atoms with E-state index in [4.69, 9.17) is 11.6 Å². The summed E-state index contributed by atoms with van der Waals surface area (Å²) in [6.07, 6.45) is 5.57. The molecular formula is C16H12ClN3OS. The Bertz CT molecular complexity index is 877. The predicted molar refractivity (Wildman–Crippen MR) is 90.5 cm³/mol. The second-order valence-electron chi connectivity index (χ2n) is 4.49. The molecule has 0 saturated carbocycles. The standard InChI is InChI=1S/C16H12ClN3OS/c17-13-8-9-14-18-15(19-16(21)20(14)11-13)22-10-4-7-12-5-2-1-3-6-12/h1-9,11H,10H2/b7-4+. The smallest absolute Gasteiger partial charge is 0.250 e. The Labute approximate surface area is 136 Å². The average Bonchev–Trinajstić information content (AvgIpc) is 2.53. The number of benzene rings is 1. The van der Waals surface area contributed by atoms with Crippen LogP contribution < -0.4 is 5.69 Å². The van der Waals surface area contributed by atoms with Crippen LogP contribution in [0.25, 0.3) is 11.7 Å². The molecule has 3 rings (SSSR count). The molecule has 0 aliphatic carbocycles. The molecule has 2 aromatic heterocycles. The summed E-state index contributed by atoms with van der Waals surface area (Å²) in [5.74, 6) is 0.693. The predicted octanol–water partition coefficient (Wildman–Crippen LogP) is 3.55. The van der Waals surface area contributed by atoms with Gasteiger partial charge in [-0.1, -0.05) is 65.8 Å². The number of aromatic nitrogens is 3. The van der Waals surface area contributed by atoms with Gasteiger partial charge >= 0.3 is 5.69 Å². The first-order valence-electron chi connectivity index (χ1n) is 6.63. The van der Waals surface area contributed by atoms with Crippen molar-refractivity contribution in [3.8, 4) is 0 Å². The van der Waals surface area contributed by atoms with Crippen LogP contribution in [0, 0.1) is 0 Å². The number of hydrogen-bond donors (Lipinski definition) is 0. The molecule has 1 aromatic carbocycles. The Morgan fingerprint density at radius 2 is 1.95 bits per heavy atom. The van der Waals surface area contributed by atoms with Crippen LogP contribution in [-0.2, 0) is 0 Å². The van der Waals surface area contributed by atoms with Crippen LogP contribution in [0.2, 0.25) is 5.02 Å². The first-order chi connectivity index (χ1) is 10.7. The van der Waals surface area contributed by atoms with Crippen LogP contribution in [0.3, 0.4) is 0 Å². The SMILES string of the molecule is O=c1nc(SC/C=C/c2ccccc2)nc2ccc(Cl)cn12. The van der Waals surface area contributed by atoms with Crippen molar-refractivity contribution >= 4 is 35.1 Å². The number of pyridine rings is 1. The van der Waals surface area contributed by atoms with Crippen molar-refractivity contribution in [3.05, 3.63) is 75.8 Å². The zero-order valence-electron chi connectivity index (χ0n) is 11.5. The highest BCUT2D eigenvalue weighted by Gasteiger charge is 2.04. The summed E-state index contributed by atoms with van der Waals surface area (Å²) in [6, 6.07) is 13.4. The summed E-state index contributed by atoms with van der Waals surface area (Å²) in [5.41, 5.74) is 1.30. The number of rotatable bonds is 4. The molecule has 0 aliphatic heterocycles. The summed E-state index contributed by atoms with van der Waals surface area (Å²) in [5, 5.41) is 0.939. The highest BCUT2D eigenvalue weighted by molar-refractivity contribution is 7.99. The monoisotopic (exact) mass is 329 g/mol. The summed E-state index contributed by atoms with van der Waals surface area (Å²) in [7, 11) is 0. The number of nitrogens with zero attached hydrogens (tertiary/aromatic N) is 3. The van der Waals surface area contributed by atoms with Gasteiger partial charge in [-0.15, -0.1) is 0 Å². The van der Waals surface area contributed by atoms with Crippen molar-refractivity contribution in [1.29, 1.82) is 0 Å². The second-order valence-corrected chi connectivity index (χ2v) is 5.91. The van der Waals surface area contributed by atoms with Crippen molar-refractivity contribution in [1.82, 2.24) is 14.4 Å². The van der Waals surface area contributed by atoms with Crippen LogP contribution in [0.15, 0.2) is 64.7 Å². The Morgan fingerprint density at radius 3 is 2.77 bits per heavy atom. The van der Waals surface area contributed by atoms with Crippen molar-refractivity contribution in [2.75, 3.05) is 5.75 Å². The van der Waals surface area contributed by atoms with Crippen molar-refractivity contribution in [3.63, 3.8) is 0 Å². The summed E-state index contributed by atoms with van der Waals surface area (Å²) in [6.45, 7) is 0. The van der Waals surface area contributed by atoms with Crippen molar-refractivity contribution < 1.29 is 0 Å². The highest BCUT2D eigenvalue weighted by Crippen LogP contribution is 2.14. The lowest BCUT2D eigenvalue weighted by Gasteiger charge is -2.02. The van der Waals surface area contributed by atoms with E-state index in [-0.39, 0.29) is 5.69 Å². The van der Waals surface area contributed by atoms with Gasteiger partial charge in [0, 0.05) is 11.9 Å². The number of halogens is 1. The molecule has 4 nitrogen and oxygen atoms in total. The maximum absolute atomic E-state index is 11.9. The van der Waals surface area contributed by atoms with Crippen LogP contribution in [0.1, 0.15) is 5.56 Å². The van der Waals surface area contributed by atoms with Crippen LogP contribution in [0.5, 0.6) is 0 Å². The molecule has 0 fully saturated rings. The topological polar surface area (TPSA) is 47.3 Å². The average molecular weight is 330 g/mol. The molecule has 0 spiro atoms. The maximum atomic E-state index is 11.9. The third kappa shape index (κ3) is 3.55. The van der Waals surface area contributed by atoms with Gasteiger partial charge in [-0.05, 0) is 17.7 Å². The van der Waals surface area contributed by atoms with Gasteiger partial charge in [0.2, 0.25) is 0 Å². The third-order valence-electron chi connectivity index (χ3n) is 2.92. The zero-order chi connectivity index (χ0) is 15.4. The van der Waals surface area contributed by atoms with E-state index >= 15 is 0 Å². The highest BCUT2D eigenvalue weighted by atomic mass is 35.5. The first kappa shape index (κ1) is 14.8. The molecule has 0 aliphatic rings. The molecule has 6 heteroatoms. The zero-order valence-corrected chi connectivity index (χ0v) is 13.1. The lowest BCUT2D eigenvalue weighted by Crippen LogP contribution is -2.18. The van der Waals surface area contributed by atoms with Gasteiger partial charge < -0.3 is 0 Å². The van der Waals surface area contributed by atoms with Gasteiger partial charge in [0.25, 0.3) is 0 Å². The summed E-state index contributed by atoms with van der Waals surface area (Å²) >= 11 is 7.28. The molecular weight excluding hydrogens is 318 g/mol. The number of hydrogen-bond acceptors (Lipinski definition) is 4. The normalized spacial score (nSPS) is 11.3. The Morgan fingerprint density at radius 1 is 1.14 bits per heavy atom. The van der Waals surface area contributed by atoms with Crippen LogP contribution in [0.4, 0.5) is 0 Å². The molecule has 22 heavy (non-hydrogen) atoms. The van der Waals surface area contributed by atoms with Gasteiger partial charge in [0.1, 0.15) is 5.65 Å². The van der Waals surface area contributed by atoms with E-state index in [0.29, 0.717) is 21.6 Å². The lowest BCUT2D eigenvalue weighted by atomic mass is 10.2. The molecule has 0 saturated heterocycles. The molecule has 3 aromatic rings. The van der Waals surface area contributed by atoms with Gasteiger partial charge in [-0.3, -0.25) is 0 Å². The summed E-state index contributed by atoms with van der Waals surface area (Å²) < 4.78 is 1.34. The minimum absolute atomic E-state index is 0.373. The largest absolute Gasteiger partial charge is 0.355 e. The van der Waals surface area contributed by atoms with E-state index in [1.807, 2.05) is 42.5 Å². The van der Waals surface area contributed by atoms with Gasteiger partial charge in [-0.2, -0.15) is 4.98 Å². The van der Waals surface area contributed by atoms with E-state index in [0.717, 1.165) is 5.56 Å². The van der Waals surface area contributed by atoms with E-state index in [1.165, 1.54) is 22.4 Å². The van der Waals surface area contributed by atoms with E-state index in [9.17, 15) is 4.79 Å². The van der Waals surface area contributed by atoms with Crippen LogP contribution >= 0.6 is 23.4 Å². The fraction of sp³-hybridized carbons (Fsp3) is 0.0625. The van der Waals surface area contributed by atoms with E-state index < -0.39 is 0 Å². The third-order valence-corrected chi connectivity index (χ3v) is 3.94. The minimum Gasteiger partial charge on any atom is -0.250 e. The quantitative estimate of drug-likeness (QED) is 0.687. The van der Waals surface area contributed by atoms with Gasteiger partial charge in [0.15, 0.2) is 5.16 Å².